The van der Waals surface area contributed by atoms with E-state index in [1.165, 1.54) is 0 Å². The summed E-state index contributed by atoms with van der Waals surface area (Å²) in [4.78, 5) is 25.6. The minimum Gasteiger partial charge on any atom is -0.332 e. The summed E-state index contributed by atoms with van der Waals surface area (Å²) in [5.74, 6) is 0.234. The number of anilines is 1. The van der Waals surface area contributed by atoms with E-state index in [4.69, 9.17) is 0 Å². The van der Waals surface area contributed by atoms with Crippen LogP contribution in [-0.2, 0) is 7.05 Å². The van der Waals surface area contributed by atoms with Gasteiger partial charge in [-0.15, -0.1) is 0 Å². The summed E-state index contributed by atoms with van der Waals surface area (Å²) < 4.78 is 3.76. The van der Waals surface area contributed by atoms with Gasteiger partial charge in [0.25, 0.3) is 5.91 Å². The van der Waals surface area contributed by atoms with Crippen LogP contribution in [0.4, 0.5) is 5.82 Å². The Kier molecular flexibility index (Phi) is 3.49. The van der Waals surface area contributed by atoms with E-state index >= 15 is 0 Å². The number of amides is 1. The molecule has 4 heterocycles. The number of imidazole rings is 1. The van der Waals surface area contributed by atoms with Crippen LogP contribution in [0.1, 0.15) is 29.2 Å². The maximum Gasteiger partial charge on any atom is 0.260 e. The van der Waals surface area contributed by atoms with Crippen LogP contribution < -0.4 is 5.32 Å². The van der Waals surface area contributed by atoms with Gasteiger partial charge in [0.15, 0.2) is 0 Å². The maximum absolute atomic E-state index is 12.5. The fourth-order valence-corrected chi connectivity index (χ4v) is 3.01. The van der Waals surface area contributed by atoms with Crippen molar-refractivity contribution < 1.29 is 4.79 Å². The number of carbonyl (C=O) groups excluding carboxylic acids is 1. The summed E-state index contributed by atoms with van der Waals surface area (Å²) in [6.07, 6.45) is 10.8. The number of carbonyl (C=O) groups is 1. The lowest BCUT2D eigenvalue weighted by molar-refractivity contribution is 0.102. The molecule has 134 valence electrons. The highest BCUT2D eigenvalue weighted by atomic mass is 16.1. The predicted molar refractivity (Wildman–Crippen MR) is 100 cm³/mol. The molecule has 4 aromatic heterocycles. The summed E-state index contributed by atoms with van der Waals surface area (Å²) in [6, 6.07) is 6.12. The molecule has 0 spiro atoms. The zero-order valence-electron chi connectivity index (χ0n) is 14.7. The summed E-state index contributed by atoms with van der Waals surface area (Å²) in [7, 11) is 1.92. The largest absolute Gasteiger partial charge is 0.332 e. The lowest BCUT2D eigenvalue weighted by atomic mass is 10.2. The molecule has 1 N–H and O–H groups in total. The molecule has 1 amide bonds. The Balaban J connectivity index is 1.42. The fraction of sp³-hybridized carbons (Fsp3) is 0.211. The third-order valence-electron chi connectivity index (χ3n) is 4.68. The molecule has 1 saturated carbocycles. The summed E-state index contributed by atoms with van der Waals surface area (Å²) in [5.41, 5.74) is 3.02. The Labute approximate surface area is 154 Å². The normalized spacial score (nSPS) is 13.8. The molecule has 8 heteroatoms. The van der Waals surface area contributed by atoms with Gasteiger partial charge in [0.1, 0.15) is 5.82 Å². The Morgan fingerprint density at radius 2 is 2.11 bits per heavy atom. The number of hydrogen-bond acceptors (Lipinski definition) is 5. The smallest absolute Gasteiger partial charge is 0.260 e. The third-order valence-corrected chi connectivity index (χ3v) is 4.68. The van der Waals surface area contributed by atoms with Crippen molar-refractivity contribution >= 4 is 22.6 Å². The second-order valence-electron chi connectivity index (χ2n) is 6.74. The first kappa shape index (κ1) is 15.7. The lowest BCUT2D eigenvalue weighted by Crippen LogP contribution is -2.12. The number of hydrogen-bond donors (Lipinski definition) is 1. The average molecular weight is 359 g/mol. The van der Waals surface area contributed by atoms with Gasteiger partial charge in [0.05, 0.1) is 47.2 Å². The number of aryl methyl sites for hydroxylation is 1. The molecule has 0 aromatic carbocycles. The van der Waals surface area contributed by atoms with Crippen LogP contribution in [0.5, 0.6) is 0 Å². The molecular formula is C19H17N7O. The first-order chi connectivity index (χ1) is 13.2. The second kappa shape index (κ2) is 6.01. The van der Waals surface area contributed by atoms with Crippen molar-refractivity contribution in [3.05, 3.63) is 54.9 Å². The summed E-state index contributed by atoms with van der Waals surface area (Å²) in [5, 5.41) is 7.98. The van der Waals surface area contributed by atoms with Crippen LogP contribution in [0.2, 0.25) is 0 Å². The molecule has 0 atom stereocenters. The van der Waals surface area contributed by atoms with Gasteiger partial charge >= 0.3 is 0 Å². The third kappa shape index (κ3) is 2.95. The van der Waals surface area contributed by atoms with E-state index in [1.54, 1.807) is 37.2 Å². The van der Waals surface area contributed by atoms with Crippen LogP contribution in [0.3, 0.4) is 0 Å². The van der Waals surface area contributed by atoms with Gasteiger partial charge in [-0.05, 0) is 25.0 Å². The van der Waals surface area contributed by atoms with E-state index in [9.17, 15) is 4.79 Å². The van der Waals surface area contributed by atoms with Crippen LogP contribution in [0.25, 0.3) is 22.3 Å². The standard InChI is InChI=1S/C19H17N7O/c1-25-11-20-9-17(25)15-5-2-12-7-21-18(6-16(12)23-15)24-19(27)13-8-22-26(10-13)14-3-4-14/h2,5-11,14H,3-4H2,1H3,(H,21,24,27). The summed E-state index contributed by atoms with van der Waals surface area (Å²) >= 11 is 0. The van der Waals surface area contributed by atoms with Crippen molar-refractivity contribution in [2.24, 2.45) is 7.05 Å². The van der Waals surface area contributed by atoms with Gasteiger partial charge in [-0.3, -0.25) is 9.48 Å². The highest BCUT2D eigenvalue weighted by Gasteiger charge is 2.25. The molecule has 0 aliphatic heterocycles. The predicted octanol–water partition coefficient (Wildman–Crippen LogP) is 2.81. The van der Waals surface area contributed by atoms with Crippen molar-refractivity contribution in [3.8, 4) is 11.4 Å². The van der Waals surface area contributed by atoms with E-state index in [2.05, 4.69) is 25.4 Å². The number of rotatable bonds is 4. The van der Waals surface area contributed by atoms with Crippen molar-refractivity contribution in [2.75, 3.05) is 5.32 Å². The van der Waals surface area contributed by atoms with Crippen molar-refractivity contribution in [3.63, 3.8) is 0 Å². The topological polar surface area (TPSA) is 90.5 Å². The fourth-order valence-electron chi connectivity index (χ4n) is 3.01. The second-order valence-corrected chi connectivity index (χ2v) is 6.74. The number of aromatic nitrogens is 6. The average Bonchev–Trinajstić information content (AvgIpc) is 3.24. The number of fused-ring (bicyclic) bond motifs is 1. The van der Waals surface area contributed by atoms with Gasteiger partial charge in [0.2, 0.25) is 0 Å². The van der Waals surface area contributed by atoms with Crippen molar-refractivity contribution in [2.45, 2.75) is 18.9 Å². The molecular weight excluding hydrogens is 342 g/mol. The zero-order valence-corrected chi connectivity index (χ0v) is 14.7. The Bertz CT molecular complexity index is 1160. The van der Waals surface area contributed by atoms with E-state index in [1.807, 2.05) is 28.4 Å². The van der Waals surface area contributed by atoms with Gasteiger partial charge < -0.3 is 9.88 Å². The highest BCUT2D eigenvalue weighted by Crippen LogP contribution is 2.34. The molecule has 1 fully saturated rings. The molecule has 0 radical (unpaired) electrons. The van der Waals surface area contributed by atoms with E-state index in [0.29, 0.717) is 17.4 Å². The molecule has 0 unspecified atom stereocenters. The number of nitrogens with one attached hydrogen (secondary N) is 1. The molecule has 4 aromatic rings. The van der Waals surface area contributed by atoms with Crippen molar-refractivity contribution in [1.82, 2.24) is 29.3 Å². The van der Waals surface area contributed by atoms with Gasteiger partial charge in [-0.25, -0.2) is 15.0 Å². The zero-order chi connectivity index (χ0) is 18.4. The van der Waals surface area contributed by atoms with Gasteiger partial charge in [-0.1, -0.05) is 0 Å². The number of pyridine rings is 2. The van der Waals surface area contributed by atoms with Crippen LogP contribution >= 0.6 is 0 Å². The van der Waals surface area contributed by atoms with Crippen LogP contribution in [0.15, 0.2) is 49.3 Å². The number of nitrogens with zero attached hydrogens (tertiary/aromatic N) is 6. The minimum atomic E-state index is -0.225. The molecule has 0 bridgehead atoms. The molecule has 0 saturated heterocycles. The molecule has 1 aliphatic carbocycles. The van der Waals surface area contributed by atoms with Crippen LogP contribution in [-0.4, -0.2) is 35.2 Å². The lowest BCUT2D eigenvalue weighted by Gasteiger charge is -2.06. The maximum atomic E-state index is 12.5. The molecule has 1 aliphatic rings. The van der Waals surface area contributed by atoms with Gasteiger partial charge in [0, 0.05) is 30.9 Å². The first-order valence-corrected chi connectivity index (χ1v) is 8.76. The SMILES string of the molecule is Cn1cncc1-c1ccc2cnc(NC(=O)c3cnn(C4CC4)c3)cc2n1. The van der Waals surface area contributed by atoms with E-state index < -0.39 is 0 Å². The quantitative estimate of drug-likeness (QED) is 0.605. The Morgan fingerprint density at radius 3 is 2.89 bits per heavy atom. The Morgan fingerprint density at radius 1 is 1.22 bits per heavy atom. The highest BCUT2D eigenvalue weighted by molar-refractivity contribution is 6.04. The molecule has 8 nitrogen and oxygen atoms in total. The molecule has 27 heavy (non-hydrogen) atoms. The Hall–Kier alpha value is -3.55. The summed E-state index contributed by atoms with van der Waals surface area (Å²) in [6.45, 7) is 0. The minimum absolute atomic E-state index is 0.225. The van der Waals surface area contributed by atoms with Gasteiger partial charge in [-0.2, -0.15) is 5.10 Å². The van der Waals surface area contributed by atoms with E-state index in [-0.39, 0.29) is 5.91 Å². The monoisotopic (exact) mass is 359 g/mol. The van der Waals surface area contributed by atoms with Crippen LogP contribution in [0, 0.1) is 0 Å². The van der Waals surface area contributed by atoms with Crippen molar-refractivity contribution in [1.29, 1.82) is 0 Å². The first-order valence-electron chi connectivity index (χ1n) is 8.76. The van der Waals surface area contributed by atoms with E-state index in [0.717, 1.165) is 35.1 Å². The molecule has 5 rings (SSSR count).